The lowest BCUT2D eigenvalue weighted by molar-refractivity contribution is 0.478. The molecular weight excluding hydrogens is 374 g/mol. The van der Waals surface area contributed by atoms with Crippen molar-refractivity contribution in [3.05, 3.63) is 70.7 Å². The molecule has 0 heterocycles. The third-order valence-corrected chi connectivity index (χ3v) is 5.49. The van der Waals surface area contributed by atoms with Gasteiger partial charge in [-0.05, 0) is 29.8 Å². The van der Waals surface area contributed by atoms with Gasteiger partial charge in [0.2, 0.25) is 10.0 Å². The van der Waals surface area contributed by atoms with Crippen LogP contribution < -0.4 is 0 Å². The molecule has 0 aliphatic carbocycles. The van der Waals surface area contributed by atoms with Gasteiger partial charge in [-0.25, -0.2) is 8.42 Å². The summed E-state index contributed by atoms with van der Waals surface area (Å²) in [5.74, 6) is 2.41. The maximum Gasteiger partial charge on any atom is 0.244 e. The lowest BCUT2D eigenvalue weighted by atomic mass is 10.2. The van der Waals surface area contributed by atoms with Crippen molar-refractivity contribution in [3.63, 3.8) is 0 Å². The van der Waals surface area contributed by atoms with Crippen LogP contribution in [0.2, 0.25) is 0 Å². The summed E-state index contributed by atoms with van der Waals surface area (Å²) in [7, 11) is -3.62. The summed E-state index contributed by atoms with van der Waals surface area (Å²) < 4.78 is 27.4. The van der Waals surface area contributed by atoms with E-state index in [9.17, 15) is 8.42 Å². The van der Waals surface area contributed by atoms with Crippen molar-refractivity contribution >= 4 is 32.0 Å². The highest BCUT2D eigenvalue weighted by Gasteiger charge is 2.22. The molecular formula is C18H16BrNO2S. The molecule has 0 atom stereocenters. The van der Waals surface area contributed by atoms with Gasteiger partial charge in [-0.15, -0.1) is 6.42 Å². The molecule has 2 aromatic carbocycles. The molecule has 2 rings (SSSR count). The van der Waals surface area contributed by atoms with E-state index in [-0.39, 0.29) is 18.0 Å². The summed E-state index contributed by atoms with van der Waals surface area (Å²) in [6.45, 7) is 0.245. The van der Waals surface area contributed by atoms with Crippen molar-refractivity contribution in [2.24, 2.45) is 0 Å². The molecule has 23 heavy (non-hydrogen) atoms. The first kappa shape index (κ1) is 17.5. The first-order chi connectivity index (χ1) is 11.0. The average molecular weight is 390 g/mol. The van der Waals surface area contributed by atoms with Crippen LogP contribution in [0.4, 0.5) is 0 Å². The van der Waals surface area contributed by atoms with Gasteiger partial charge in [0, 0.05) is 11.0 Å². The fraction of sp³-hybridized carbons (Fsp3) is 0.111. The highest BCUT2D eigenvalue weighted by molar-refractivity contribution is 9.10. The molecule has 0 saturated carbocycles. The van der Waals surface area contributed by atoms with E-state index in [1.807, 2.05) is 36.4 Å². The molecule has 0 saturated heterocycles. The first-order valence-corrected chi connectivity index (χ1v) is 9.18. The van der Waals surface area contributed by atoms with E-state index in [2.05, 4.69) is 21.9 Å². The van der Waals surface area contributed by atoms with E-state index in [4.69, 9.17) is 6.42 Å². The predicted octanol–water partition coefficient (Wildman–Crippen LogP) is 3.79. The van der Waals surface area contributed by atoms with E-state index < -0.39 is 10.0 Å². The van der Waals surface area contributed by atoms with Gasteiger partial charge in [0.25, 0.3) is 0 Å². The van der Waals surface area contributed by atoms with Gasteiger partial charge in [-0.2, -0.15) is 4.31 Å². The Balaban J connectivity index is 2.19. The van der Waals surface area contributed by atoms with E-state index in [0.29, 0.717) is 0 Å². The second kappa shape index (κ2) is 8.11. The van der Waals surface area contributed by atoms with Gasteiger partial charge in [0.1, 0.15) is 0 Å². The Morgan fingerprint density at radius 1 is 1.09 bits per heavy atom. The van der Waals surface area contributed by atoms with Gasteiger partial charge >= 0.3 is 0 Å². The molecule has 0 fully saturated rings. The number of terminal acetylenes is 1. The number of nitrogens with zero attached hydrogens (tertiary/aromatic N) is 1. The molecule has 3 nitrogen and oxygen atoms in total. The average Bonchev–Trinajstić information content (AvgIpc) is 2.55. The van der Waals surface area contributed by atoms with Gasteiger partial charge in [0.05, 0.1) is 11.4 Å². The standard InChI is InChI=1S/C18H16BrNO2S/c1-2-14-20(15-6-9-16-7-4-3-5-8-16)23(21,22)18-12-10-17(19)11-13-18/h1,3-13H,14-15H2/b9-6+. The topological polar surface area (TPSA) is 37.4 Å². The predicted molar refractivity (Wildman–Crippen MR) is 97.2 cm³/mol. The fourth-order valence-electron chi connectivity index (χ4n) is 1.98. The maximum absolute atomic E-state index is 12.7. The van der Waals surface area contributed by atoms with Gasteiger partial charge in [0.15, 0.2) is 0 Å². The third kappa shape index (κ3) is 4.80. The Morgan fingerprint density at radius 2 is 1.74 bits per heavy atom. The van der Waals surface area contributed by atoms with Crippen LogP contribution in [-0.2, 0) is 10.0 Å². The molecule has 5 heteroatoms. The Kier molecular flexibility index (Phi) is 6.17. The second-order valence-electron chi connectivity index (χ2n) is 4.77. The van der Waals surface area contributed by atoms with Crippen LogP contribution in [0, 0.1) is 12.3 Å². The largest absolute Gasteiger partial charge is 0.244 e. The third-order valence-electron chi connectivity index (χ3n) is 3.14. The van der Waals surface area contributed by atoms with Crippen molar-refractivity contribution < 1.29 is 8.42 Å². The van der Waals surface area contributed by atoms with Crippen LogP contribution in [0.15, 0.2) is 70.0 Å². The minimum absolute atomic E-state index is 0.0253. The van der Waals surface area contributed by atoms with E-state index in [0.717, 1.165) is 10.0 Å². The van der Waals surface area contributed by atoms with Crippen LogP contribution in [0.3, 0.4) is 0 Å². The van der Waals surface area contributed by atoms with Crippen LogP contribution in [0.1, 0.15) is 5.56 Å². The maximum atomic E-state index is 12.7. The van der Waals surface area contributed by atoms with E-state index in [1.165, 1.54) is 4.31 Å². The summed E-state index contributed by atoms with van der Waals surface area (Å²) in [6.07, 6.45) is 8.99. The molecule has 2 aromatic rings. The summed E-state index contributed by atoms with van der Waals surface area (Å²) in [4.78, 5) is 0.226. The monoisotopic (exact) mass is 389 g/mol. The smallest absolute Gasteiger partial charge is 0.207 e. The minimum Gasteiger partial charge on any atom is -0.207 e. The summed E-state index contributed by atoms with van der Waals surface area (Å²) in [6, 6.07) is 16.2. The van der Waals surface area contributed by atoms with Crippen molar-refractivity contribution in [3.8, 4) is 12.3 Å². The Morgan fingerprint density at radius 3 is 2.35 bits per heavy atom. The minimum atomic E-state index is -3.62. The quantitative estimate of drug-likeness (QED) is 0.704. The van der Waals surface area contributed by atoms with Crippen LogP contribution in [0.5, 0.6) is 0 Å². The first-order valence-electron chi connectivity index (χ1n) is 6.95. The molecule has 0 radical (unpaired) electrons. The summed E-state index contributed by atoms with van der Waals surface area (Å²) >= 11 is 3.30. The SMILES string of the molecule is C#CCN(C/C=C/c1ccccc1)S(=O)(=O)c1ccc(Br)cc1. The van der Waals surface area contributed by atoms with Gasteiger partial charge in [-0.1, -0.05) is 64.3 Å². The normalized spacial score (nSPS) is 11.7. The molecule has 0 unspecified atom stereocenters. The molecule has 0 bridgehead atoms. The fourth-order valence-corrected chi connectivity index (χ4v) is 3.54. The van der Waals surface area contributed by atoms with Crippen molar-refractivity contribution in [1.29, 1.82) is 0 Å². The van der Waals surface area contributed by atoms with Crippen LogP contribution in [-0.4, -0.2) is 25.8 Å². The zero-order valence-corrected chi connectivity index (χ0v) is 14.8. The Hall–Kier alpha value is -1.87. The van der Waals surface area contributed by atoms with E-state index >= 15 is 0 Å². The molecule has 0 aliphatic heterocycles. The van der Waals surface area contributed by atoms with E-state index in [1.54, 1.807) is 30.3 Å². The summed E-state index contributed by atoms with van der Waals surface area (Å²) in [5, 5.41) is 0. The van der Waals surface area contributed by atoms with Crippen molar-refractivity contribution in [1.82, 2.24) is 4.31 Å². The molecule has 0 amide bonds. The summed E-state index contributed by atoms with van der Waals surface area (Å²) in [5.41, 5.74) is 1.01. The molecule has 118 valence electrons. The number of benzene rings is 2. The number of hydrogen-bond donors (Lipinski definition) is 0. The second-order valence-corrected chi connectivity index (χ2v) is 7.62. The van der Waals surface area contributed by atoms with Crippen LogP contribution >= 0.6 is 15.9 Å². The zero-order valence-electron chi connectivity index (χ0n) is 12.4. The zero-order chi connectivity index (χ0) is 16.7. The van der Waals surface area contributed by atoms with Gasteiger partial charge in [-0.3, -0.25) is 0 Å². The van der Waals surface area contributed by atoms with Gasteiger partial charge < -0.3 is 0 Å². The lowest BCUT2D eigenvalue weighted by Gasteiger charge is -2.18. The Bertz CT molecular complexity index is 806. The highest BCUT2D eigenvalue weighted by atomic mass is 79.9. The molecule has 0 aromatic heterocycles. The number of halogens is 1. The number of hydrogen-bond acceptors (Lipinski definition) is 2. The number of sulfonamides is 1. The molecule has 0 aliphatic rings. The lowest BCUT2D eigenvalue weighted by Crippen LogP contribution is -2.31. The van der Waals surface area contributed by atoms with Crippen molar-refractivity contribution in [2.45, 2.75) is 4.90 Å². The highest BCUT2D eigenvalue weighted by Crippen LogP contribution is 2.18. The van der Waals surface area contributed by atoms with Crippen LogP contribution in [0.25, 0.3) is 6.08 Å². The molecule has 0 N–H and O–H groups in total. The van der Waals surface area contributed by atoms with Crippen molar-refractivity contribution in [2.75, 3.05) is 13.1 Å². The Labute approximate surface area is 145 Å². The molecule has 0 spiro atoms. The number of rotatable bonds is 6.